The number of thiazole rings is 1. The summed E-state index contributed by atoms with van der Waals surface area (Å²) in [6.07, 6.45) is -2.54. The van der Waals surface area contributed by atoms with Gasteiger partial charge in [0.25, 0.3) is 5.91 Å². The van der Waals surface area contributed by atoms with Crippen LogP contribution in [0.5, 0.6) is 5.75 Å². The second-order valence-electron chi connectivity index (χ2n) is 7.58. The Kier molecular flexibility index (Phi) is 8.02. The molecule has 0 aliphatic rings. The Morgan fingerprint density at radius 2 is 1.83 bits per heavy atom. The lowest BCUT2D eigenvalue weighted by atomic mass is 10.1. The van der Waals surface area contributed by atoms with Crippen molar-refractivity contribution < 1.29 is 37.7 Å². The first-order chi connectivity index (χ1) is 16.5. The maximum absolute atomic E-state index is 13.0. The zero-order valence-electron chi connectivity index (χ0n) is 18.5. The van der Waals surface area contributed by atoms with Crippen LogP contribution in [0.3, 0.4) is 0 Å². The predicted octanol–water partition coefficient (Wildman–Crippen LogP) is 3.63. The van der Waals surface area contributed by atoms with Crippen molar-refractivity contribution >= 4 is 23.2 Å². The molecule has 0 aliphatic heterocycles. The molecule has 9 nitrogen and oxygen atoms in total. The van der Waals surface area contributed by atoms with E-state index in [1.165, 1.54) is 17.4 Å². The summed E-state index contributed by atoms with van der Waals surface area (Å²) in [4.78, 5) is 35.8. The number of carboxylic acids is 1. The number of halogens is 3. The van der Waals surface area contributed by atoms with E-state index in [2.05, 4.69) is 20.3 Å². The third-order valence-electron chi connectivity index (χ3n) is 4.72. The fraction of sp³-hybridized carbons (Fsp3) is 0.318. The Balaban J connectivity index is 1.87. The molecule has 0 fully saturated rings. The number of carbonyl (C=O) groups is 2. The van der Waals surface area contributed by atoms with Crippen LogP contribution in [0.15, 0.2) is 36.8 Å². The lowest BCUT2D eigenvalue weighted by Gasteiger charge is -2.18. The van der Waals surface area contributed by atoms with E-state index in [1.807, 2.05) is 6.92 Å². The van der Waals surface area contributed by atoms with Gasteiger partial charge < -0.3 is 20.3 Å². The third-order valence-corrected chi connectivity index (χ3v) is 5.68. The first kappa shape index (κ1) is 26.0. The topological polar surface area (TPSA) is 135 Å². The molecule has 0 saturated carbocycles. The smallest absolute Gasteiger partial charge is 0.451 e. The standard InChI is InChI=1S/C22H21F3N4O5S/c1-11-7-26-20(35-11)14-3-13(4-16(5-14)34-17(10-30)6-18(31)32)19(33)29-12(2)15-8-27-21(28-9-15)22(23,24)25/h3-5,7-9,12,17,30H,6,10H2,1-2H3,(H,29,33)(H,31,32)/t12-,17-/m1/s1. The van der Waals surface area contributed by atoms with E-state index in [1.54, 1.807) is 25.3 Å². The summed E-state index contributed by atoms with van der Waals surface area (Å²) in [6.45, 7) is 2.86. The number of ether oxygens (including phenoxy) is 1. The molecule has 2 heterocycles. The number of aromatic nitrogens is 3. The van der Waals surface area contributed by atoms with Crippen molar-refractivity contribution in [3.63, 3.8) is 0 Å². The summed E-state index contributed by atoms with van der Waals surface area (Å²) in [5.74, 6) is -2.88. The fourth-order valence-corrected chi connectivity index (χ4v) is 3.76. The van der Waals surface area contributed by atoms with Crippen LogP contribution in [-0.2, 0) is 11.0 Å². The van der Waals surface area contributed by atoms with Crippen molar-refractivity contribution in [1.29, 1.82) is 0 Å². The number of amides is 1. The zero-order valence-corrected chi connectivity index (χ0v) is 19.4. The first-order valence-corrected chi connectivity index (χ1v) is 11.0. The highest BCUT2D eigenvalue weighted by atomic mass is 32.1. The van der Waals surface area contributed by atoms with Crippen molar-refractivity contribution in [2.45, 2.75) is 38.6 Å². The van der Waals surface area contributed by atoms with Gasteiger partial charge in [0.1, 0.15) is 16.9 Å². The number of aliphatic carboxylic acids is 1. The van der Waals surface area contributed by atoms with Crippen LogP contribution in [0, 0.1) is 6.92 Å². The third kappa shape index (κ3) is 6.96. The van der Waals surface area contributed by atoms with E-state index in [9.17, 15) is 27.9 Å². The number of aliphatic hydroxyl groups is 1. The van der Waals surface area contributed by atoms with Crippen LogP contribution in [0.2, 0.25) is 0 Å². The molecule has 35 heavy (non-hydrogen) atoms. The summed E-state index contributed by atoms with van der Waals surface area (Å²) in [5.41, 5.74) is 0.927. The molecule has 0 bridgehead atoms. The summed E-state index contributed by atoms with van der Waals surface area (Å²) in [7, 11) is 0. The summed E-state index contributed by atoms with van der Waals surface area (Å²) >= 11 is 1.37. The number of aliphatic hydroxyl groups excluding tert-OH is 1. The molecule has 186 valence electrons. The molecule has 0 unspecified atom stereocenters. The largest absolute Gasteiger partial charge is 0.487 e. The average molecular weight is 510 g/mol. The van der Waals surface area contributed by atoms with Gasteiger partial charge in [-0.05, 0) is 32.0 Å². The normalized spacial score (nSPS) is 13.2. The Bertz CT molecular complexity index is 1200. The van der Waals surface area contributed by atoms with Crippen LogP contribution in [0.25, 0.3) is 10.6 Å². The molecule has 3 rings (SSSR count). The SMILES string of the molecule is Cc1cnc(-c2cc(O[C@@H](CO)CC(=O)O)cc(C(=O)N[C@H](C)c3cnc(C(F)(F)F)nc3)c2)s1. The van der Waals surface area contributed by atoms with E-state index < -0.39 is 49.1 Å². The number of carbonyl (C=O) groups excluding carboxylic acids is 1. The van der Waals surface area contributed by atoms with Crippen LogP contribution >= 0.6 is 11.3 Å². The summed E-state index contributed by atoms with van der Waals surface area (Å²) in [6, 6.07) is 3.78. The zero-order chi connectivity index (χ0) is 25.8. The molecule has 13 heteroatoms. The van der Waals surface area contributed by atoms with Gasteiger partial charge in [-0.3, -0.25) is 9.59 Å². The molecule has 3 aromatic rings. The number of nitrogens with one attached hydrogen (secondary N) is 1. The van der Waals surface area contributed by atoms with Gasteiger partial charge in [-0.1, -0.05) is 0 Å². The van der Waals surface area contributed by atoms with Gasteiger partial charge in [0, 0.05) is 40.2 Å². The fourth-order valence-electron chi connectivity index (χ4n) is 3.01. The molecule has 0 radical (unpaired) electrons. The minimum absolute atomic E-state index is 0.136. The lowest BCUT2D eigenvalue weighted by molar-refractivity contribution is -0.145. The van der Waals surface area contributed by atoms with Gasteiger partial charge in [0.2, 0.25) is 5.82 Å². The Labute approximate surface area is 201 Å². The van der Waals surface area contributed by atoms with Gasteiger partial charge in [-0.15, -0.1) is 11.3 Å². The van der Waals surface area contributed by atoms with E-state index in [-0.39, 0.29) is 16.9 Å². The van der Waals surface area contributed by atoms with Crippen molar-refractivity contribution in [2.75, 3.05) is 6.61 Å². The maximum Gasteiger partial charge on any atom is 0.451 e. The van der Waals surface area contributed by atoms with E-state index in [0.29, 0.717) is 10.6 Å². The number of benzene rings is 1. The van der Waals surface area contributed by atoms with Gasteiger partial charge >= 0.3 is 12.1 Å². The molecule has 2 aromatic heterocycles. The number of hydrogen-bond acceptors (Lipinski definition) is 8. The Morgan fingerprint density at radius 3 is 2.37 bits per heavy atom. The van der Waals surface area contributed by atoms with Crippen LogP contribution in [-0.4, -0.2) is 49.8 Å². The summed E-state index contributed by atoms with van der Waals surface area (Å²) in [5, 5.41) is 21.7. The number of carboxylic acid groups (broad SMARTS) is 1. The molecule has 1 aromatic carbocycles. The highest BCUT2D eigenvalue weighted by molar-refractivity contribution is 7.14. The minimum atomic E-state index is -4.68. The van der Waals surface area contributed by atoms with E-state index in [4.69, 9.17) is 9.84 Å². The number of alkyl halides is 3. The Morgan fingerprint density at radius 1 is 1.14 bits per heavy atom. The van der Waals surface area contributed by atoms with Gasteiger partial charge in [-0.2, -0.15) is 13.2 Å². The lowest BCUT2D eigenvalue weighted by Crippen LogP contribution is -2.28. The molecular weight excluding hydrogens is 489 g/mol. The van der Waals surface area contributed by atoms with E-state index >= 15 is 0 Å². The van der Waals surface area contributed by atoms with Gasteiger partial charge in [0.05, 0.1) is 19.1 Å². The van der Waals surface area contributed by atoms with Crippen molar-refractivity contribution in [1.82, 2.24) is 20.3 Å². The maximum atomic E-state index is 13.0. The number of nitrogens with zero attached hydrogens (tertiary/aromatic N) is 3. The first-order valence-electron chi connectivity index (χ1n) is 10.2. The van der Waals surface area contributed by atoms with Gasteiger partial charge in [-0.25, -0.2) is 15.0 Å². The highest BCUT2D eigenvalue weighted by Crippen LogP contribution is 2.31. The van der Waals surface area contributed by atoms with Crippen molar-refractivity contribution in [2.24, 2.45) is 0 Å². The van der Waals surface area contributed by atoms with Crippen LogP contribution in [0.4, 0.5) is 13.2 Å². The van der Waals surface area contributed by atoms with Crippen molar-refractivity contribution in [3.05, 3.63) is 58.6 Å². The molecule has 3 N–H and O–H groups in total. The van der Waals surface area contributed by atoms with E-state index in [0.717, 1.165) is 17.3 Å². The molecule has 2 atom stereocenters. The molecule has 1 amide bonds. The number of hydrogen-bond donors (Lipinski definition) is 3. The molecule has 0 saturated heterocycles. The average Bonchev–Trinajstić information content (AvgIpc) is 3.24. The minimum Gasteiger partial charge on any atom is -0.487 e. The Hall–Kier alpha value is -3.58. The van der Waals surface area contributed by atoms with Gasteiger partial charge in [0.15, 0.2) is 0 Å². The highest BCUT2D eigenvalue weighted by Gasteiger charge is 2.34. The number of rotatable bonds is 9. The number of aryl methyl sites for hydroxylation is 1. The monoisotopic (exact) mass is 510 g/mol. The second-order valence-corrected chi connectivity index (χ2v) is 8.81. The molecule has 0 spiro atoms. The second kappa shape index (κ2) is 10.8. The van der Waals surface area contributed by atoms with Crippen molar-refractivity contribution in [3.8, 4) is 16.3 Å². The van der Waals surface area contributed by atoms with Crippen LogP contribution < -0.4 is 10.1 Å². The molecule has 0 aliphatic carbocycles. The quantitative estimate of drug-likeness (QED) is 0.397. The molecular formula is C22H21F3N4O5S. The predicted molar refractivity (Wildman–Crippen MR) is 119 cm³/mol. The van der Waals surface area contributed by atoms with Crippen LogP contribution in [0.1, 0.15) is 46.0 Å². The summed E-state index contributed by atoms with van der Waals surface area (Å²) < 4.78 is 43.7.